The van der Waals surface area contributed by atoms with Crippen molar-refractivity contribution in [1.29, 1.82) is 0 Å². The van der Waals surface area contributed by atoms with Gasteiger partial charge in [0.05, 0.1) is 17.9 Å². The van der Waals surface area contributed by atoms with Gasteiger partial charge in [0.25, 0.3) is 0 Å². The minimum absolute atomic E-state index is 0.0746. The molecule has 1 amide bonds. The first-order chi connectivity index (χ1) is 13.1. The summed E-state index contributed by atoms with van der Waals surface area (Å²) in [5.74, 6) is 0.319. The summed E-state index contributed by atoms with van der Waals surface area (Å²) in [7, 11) is 0. The maximum Gasteiger partial charge on any atom is 0.230 e. The van der Waals surface area contributed by atoms with Crippen LogP contribution in [0.3, 0.4) is 0 Å². The Balaban J connectivity index is 1.49. The molecule has 3 aromatic rings. The van der Waals surface area contributed by atoms with Crippen LogP contribution in [0.15, 0.2) is 64.3 Å². The van der Waals surface area contributed by atoms with E-state index in [1.165, 1.54) is 28.7 Å². The van der Waals surface area contributed by atoms with Gasteiger partial charge in [-0.25, -0.2) is 4.98 Å². The highest BCUT2D eigenvalue weighted by molar-refractivity contribution is 8.01. The number of thiazole rings is 1. The van der Waals surface area contributed by atoms with Gasteiger partial charge in [-0.15, -0.1) is 11.3 Å². The molecular formula is C21H20N2O2S2. The van der Waals surface area contributed by atoms with Gasteiger partial charge < -0.3 is 5.32 Å². The Morgan fingerprint density at radius 3 is 2.52 bits per heavy atom. The zero-order valence-corrected chi connectivity index (χ0v) is 16.6. The molecule has 0 aliphatic heterocycles. The van der Waals surface area contributed by atoms with Gasteiger partial charge in [0.1, 0.15) is 0 Å². The Hall–Kier alpha value is -2.44. The van der Waals surface area contributed by atoms with Gasteiger partial charge >= 0.3 is 0 Å². The van der Waals surface area contributed by atoms with E-state index in [1.807, 2.05) is 60.0 Å². The smallest absolute Gasteiger partial charge is 0.230 e. The lowest BCUT2D eigenvalue weighted by molar-refractivity contribution is -0.115. The van der Waals surface area contributed by atoms with Crippen LogP contribution in [0, 0.1) is 0 Å². The number of anilines is 1. The number of carbonyl (C=O) groups excluding carboxylic acids is 2. The van der Waals surface area contributed by atoms with Crippen LogP contribution in [0.1, 0.15) is 28.5 Å². The normalized spacial score (nSPS) is 10.6. The molecule has 0 spiro atoms. The van der Waals surface area contributed by atoms with E-state index in [0.29, 0.717) is 11.3 Å². The van der Waals surface area contributed by atoms with E-state index in [1.54, 1.807) is 0 Å². The predicted octanol–water partition coefficient (Wildman–Crippen LogP) is 4.86. The van der Waals surface area contributed by atoms with Crippen molar-refractivity contribution in [2.75, 3.05) is 11.1 Å². The fraction of sp³-hybridized carbons (Fsp3) is 0.190. The van der Waals surface area contributed by atoms with E-state index in [9.17, 15) is 9.59 Å². The maximum atomic E-state index is 12.2. The molecular weight excluding hydrogens is 376 g/mol. The summed E-state index contributed by atoms with van der Waals surface area (Å²) in [5.41, 5.74) is 3.45. The third-order valence-electron chi connectivity index (χ3n) is 3.94. The van der Waals surface area contributed by atoms with Crippen LogP contribution in [0.25, 0.3) is 0 Å². The summed E-state index contributed by atoms with van der Waals surface area (Å²) in [4.78, 5) is 28.8. The number of carbonyl (C=O) groups is 2. The molecule has 0 fully saturated rings. The lowest BCUT2D eigenvalue weighted by atomic mass is 10.1. The van der Waals surface area contributed by atoms with Crippen molar-refractivity contribution in [1.82, 2.24) is 4.98 Å². The van der Waals surface area contributed by atoms with Gasteiger partial charge in [-0.05, 0) is 24.1 Å². The number of ketones is 1. The van der Waals surface area contributed by atoms with Gasteiger partial charge in [0.2, 0.25) is 5.91 Å². The molecule has 1 aromatic heterocycles. The number of aryl methyl sites for hydroxylation is 1. The third-order valence-corrected chi connectivity index (χ3v) is 6.01. The molecule has 4 nitrogen and oxygen atoms in total. The van der Waals surface area contributed by atoms with Crippen LogP contribution in [0.5, 0.6) is 0 Å². The first-order valence-corrected chi connectivity index (χ1v) is 10.5. The van der Waals surface area contributed by atoms with E-state index in [2.05, 4.69) is 17.2 Å². The molecule has 0 saturated carbocycles. The molecule has 3 rings (SSSR count). The number of hydrogen-bond acceptors (Lipinski definition) is 5. The van der Waals surface area contributed by atoms with Gasteiger partial charge in [0.15, 0.2) is 10.1 Å². The molecule has 0 atom stereocenters. The fourth-order valence-corrected chi connectivity index (χ4v) is 4.20. The molecule has 0 saturated heterocycles. The van der Waals surface area contributed by atoms with Crippen molar-refractivity contribution < 1.29 is 9.59 Å². The highest BCUT2D eigenvalue weighted by Crippen LogP contribution is 2.24. The van der Waals surface area contributed by atoms with Crippen molar-refractivity contribution in [3.63, 3.8) is 0 Å². The molecule has 6 heteroatoms. The first-order valence-electron chi connectivity index (χ1n) is 8.68. The summed E-state index contributed by atoms with van der Waals surface area (Å²) in [6.45, 7) is 2.10. The van der Waals surface area contributed by atoms with Crippen LogP contribution in [-0.4, -0.2) is 22.4 Å². The molecule has 138 valence electrons. The molecule has 0 radical (unpaired) electrons. The second-order valence-electron chi connectivity index (χ2n) is 5.96. The highest BCUT2D eigenvalue weighted by Gasteiger charge is 2.11. The second kappa shape index (κ2) is 9.48. The van der Waals surface area contributed by atoms with Gasteiger partial charge in [-0.1, -0.05) is 61.2 Å². The molecule has 27 heavy (non-hydrogen) atoms. The molecule has 1 heterocycles. The monoisotopic (exact) mass is 396 g/mol. The number of rotatable bonds is 8. The Kier molecular flexibility index (Phi) is 6.79. The quantitative estimate of drug-likeness (QED) is 0.436. The van der Waals surface area contributed by atoms with E-state index >= 15 is 0 Å². The van der Waals surface area contributed by atoms with Gasteiger partial charge in [-0.3, -0.25) is 9.59 Å². The van der Waals surface area contributed by atoms with Crippen LogP contribution in [0.2, 0.25) is 0 Å². The lowest BCUT2D eigenvalue weighted by Crippen LogP contribution is -2.14. The second-order valence-corrected chi connectivity index (χ2v) is 8.04. The highest BCUT2D eigenvalue weighted by atomic mass is 32.2. The van der Waals surface area contributed by atoms with Crippen LogP contribution in [0.4, 0.5) is 5.69 Å². The topological polar surface area (TPSA) is 59.1 Å². The van der Waals surface area contributed by atoms with E-state index in [4.69, 9.17) is 0 Å². The molecule has 0 aliphatic carbocycles. The number of nitrogens with one attached hydrogen (secondary N) is 1. The first kappa shape index (κ1) is 19.3. The Bertz CT molecular complexity index is 905. The van der Waals surface area contributed by atoms with Crippen LogP contribution in [-0.2, 0) is 17.6 Å². The summed E-state index contributed by atoms with van der Waals surface area (Å²) >= 11 is 2.87. The minimum atomic E-state index is -0.0959. The number of amides is 1. The van der Waals surface area contributed by atoms with Crippen molar-refractivity contribution in [3.8, 4) is 0 Å². The van der Waals surface area contributed by atoms with Gasteiger partial charge in [-0.2, -0.15) is 0 Å². The fourth-order valence-electron chi connectivity index (χ4n) is 2.46. The zero-order chi connectivity index (χ0) is 19.1. The zero-order valence-electron chi connectivity index (χ0n) is 15.0. The minimum Gasteiger partial charge on any atom is -0.326 e. The molecule has 0 aliphatic rings. The van der Waals surface area contributed by atoms with Crippen LogP contribution >= 0.6 is 23.1 Å². The lowest BCUT2D eigenvalue weighted by Gasteiger charge is -2.05. The number of nitrogens with zero attached hydrogens (tertiary/aromatic N) is 1. The van der Waals surface area contributed by atoms with E-state index in [-0.39, 0.29) is 18.1 Å². The van der Waals surface area contributed by atoms with Gasteiger partial charge in [0, 0.05) is 16.6 Å². The maximum absolute atomic E-state index is 12.2. The van der Waals surface area contributed by atoms with E-state index in [0.717, 1.165) is 22.1 Å². The predicted molar refractivity (Wildman–Crippen MR) is 112 cm³/mol. The summed E-state index contributed by atoms with van der Waals surface area (Å²) in [6, 6.07) is 17.1. The van der Waals surface area contributed by atoms with Crippen molar-refractivity contribution >= 4 is 40.5 Å². The molecule has 2 aromatic carbocycles. The molecule has 0 unspecified atom stereocenters. The van der Waals surface area contributed by atoms with Crippen LogP contribution < -0.4 is 5.32 Å². The number of hydrogen-bond donors (Lipinski definition) is 1. The van der Waals surface area contributed by atoms with Crippen molar-refractivity contribution in [3.05, 3.63) is 76.8 Å². The molecule has 0 bridgehead atoms. The Labute approximate surface area is 167 Å². The number of aromatic nitrogens is 1. The van der Waals surface area contributed by atoms with E-state index < -0.39 is 0 Å². The summed E-state index contributed by atoms with van der Waals surface area (Å²) in [6.07, 6.45) is 1.19. The Morgan fingerprint density at radius 2 is 1.81 bits per heavy atom. The largest absolute Gasteiger partial charge is 0.326 e. The molecule has 1 N–H and O–H groups in total. The number of benzene rings is 2. The van der Waals surface area contributed by atoms with Crippen molar-refractivity contribution in [2.45, 2.75) is 24.1 Å². The summed E-state index contributed by atoms with van der Waals surface area (Å²) < 4.78 is 0.800. The number of thioether (sulfide) groups is 1. The average molecular weight is 397 g/mol. The standard InChI is InChI=1S/C21H20N2O2S2/c1-2-15-8-10-17(11-9-15)22-20(25)12-18-13-26-21(23-18)27-14-19(24)16-6-4-3-5-7-16/h3-11,13H,2,12,14H2,1H3,(H,22,25). The Morgan fingerprint density at radius 1 is 1.07 bits per heavy atom. The summed E-state index contributed by atoms with van der Waals surface area (Å²) in [5, 5.41) is 4.76. The SMILES string of the molecule is CCc1ccc(NC(=O)Cc2csc(SCC(=O)c3ccccc3)n2)cc1. The van der Waals surface area contributed by atoms with Crippen molar-refractivity contribution in [2.24, 2.45) is 0 Å². The third kappa shape index (κ3) is 5.77. The number of Topliss-reactive ketones (excluding diaryl/α,β-unsaturated/α-hetero) is 1. The average Bonchev–Trinajstić information content (AvgIpc) is 3.14.